The number of nitriles is 1. The van der Waals surface area contributed by atoms with Gasteiger partial charge in [-0.1, -0.05) is 5.92 Å². The fourth-order valence-electron chi connectivity index (χ4n) is 0.814. The molecule has 0 radical (unpaired) electrons. The molecular formula is C8H12N2O3S2. The summed E-state index contributed by atoms with van der Waals surface area (Å²) in [6, 6.07) is 1.74. The molecule has 0 aliphatic carbocycles. The summed E-state index contributed by atoms with van der Waals surface area (Å²) in [5.41, 5.74) is 5.46. The second-order valence-electron chi connectivity index (χ2n) is 2.85. The van der Waals surface area contributed by atoms with E-state index in [1.807, 2.05) is 0 Å². The van der Waals surface area contributed by atoms with Gasteiger partial charge in [-0.3, -0.25) is 0 Å². The van der Waals surface area contributed by atoms with Gasteiger partial charge >= 0.3 is 0 Å². The Morgan fingerprint density at radius 2 is 2.20 bits per heavy atom. The lowest BCUT2D eigenvalue weighted by atomic mass is 10.2. The van der Waals surface area contributed by atoms with Crippen molar-refractivity contribution in [2.45, 2.75) is 10.8 Å². The number of terminal acetylenes is 1. The van der Waals surface area contributed by atoms with Crippen LogP contribution in [0.2, 0.25) is 0 Å². The number of sulfone groups is 1. The first-order valence-corrected chi connectivity index (χ1v) is 6.39. The molecule has 0 aromatic rings. The summed E-state index contributed by atoms with van der Waals surface area (Å²) in [4.78, 5) is 0. The van der Waals surface area contributed by atoms with Crippen LogP contribution in [0.1, 0.15) is 0 Å². The second kappa shape index (κ2) is 5.99. The van der Waals surface area contributed by atoms with Crippen molar-refractivity contribution in [3.05, 3.63) is 0 Å². The van der Waals surface area contributed by atoms with Crippen LogP contribution in [0, 0.1) is 29.6 Å². The number of hydrogen-bond donors (Lipinski definition) is 2. The first kappa shape index (κ1) is 14.3. The van der Waals surface area contributed by atoms with Gasteiger partial charge in [0.05, 0.1) is 6.07 Å². The molecule has 2 N–H and O–H groups in total. The highest BCUT2D eigenvalue weighted by Crippen LogP contribution is 2.18. The number of hydrogen-bond acceptors (Lipinski definition) is 6. The van der Waals surface area contributed by atoms with E-state index >= 15 is 0 Å². The van der Waals surface area contributed by atoms with Gasteiger partial charge in [0.25, 0.3) is 0 Å². The molecule has 0 amide bonds. The lowest BCUT2D eigenvalue weighted by molar-refractivity contribution is 0.0582. The fourth-order valence-corrected chi connectivity index (χ4v) is 1.80. The summed E-state index contributed by atoms with van der Waals surface area (Å²) in [7, 11) is -3.45. The van der Waals surface area contributed by atoms with Gasteiger partial charge in [0.1, 0.15) is 23.3 Å². The molecule has 5 nitrogen and oxygen atoms in total. The van der Waals surface area contributed by atoms with Crippen LogP contribution in [0.3, 0.4) is 0 Å². The van der Waals surface area contributed by atoms with E-state index in [0.717, 1.165) is 6.26 Å². The zero-order valence-corrected chi connectivity index (χ0v) is 9.83. The van der Waals surface area contributed by atoms with Gasteiger partial charge in [-0.25, -0.2) is 8.42 Å². The van der Waals surface area contributed by atoms with E-state index < -0.39 is 26.6 Å². The van der Waals surface area contributed by atoms with Gasteiger partial charge in [0, 0.05) is 6.26 Å². The van der Waals surface area contributed by atoms with Crippen molar-refractivity contribution in [2.75, 3.05) is 12.9 Å². The highest BCUT2D eigenvalue weighted by Gasteiger charge is 2.32. The molecule has 0 saturated heterocycles. The van der Waals surface area contributed by atoms with E-state index in [-0.39, 0.29) is 6.61 Å². The van der Waals surface area contributed by atoms with Crippen LogP contribution in [0.25, 0.3) is 0 Å². The summed E-state index contributed by atoms with van der Waals surface area (Å²) in [6.45, 7) is -0.0798. The Labute approximate surface area is 94.9 Å². The Kier molecular flexibility index (Phi) is 5.69. The summed E-state index contributed by atoms with van der Waals surface area (Å²) in [5, 5.41) is 8.75. The minimum absolute atomic E-state index is 0.0798. The van der Waals surface area contributed by atoms with E-state index in [0.29, 0.717) is 0 Å². The molecule has 0 rings (SSSR count). The monoisotopic (exact) mass is 248 g/mol. The van der Waals surface area contributed by atoms with Crippen LogP contribution < -0.4 is 5.73 Å². The molecule has 0 heterocycles. The first-order chi connectivity index (χ1) is 6.84. The van der Waals surface area contributed by atoms with Crippen LogP contribution in [0.4, 0.5) is 0 Å². The largest absolute Gasteiger partial charge is 0.349 e. The van der Waals surface area contributed by atoms with Crippen LogP contribution in [-0.4, -0.2) is 32.1 Å². The molecule has 3 atom stereocenters. The van der Waals surface area contributed by atoms with Crippen molar-refractivity contribution >= 4 is 22.5 Å². The Bertz CT molecular complexity index is 380. The Balaban J connectivity index is 4.66. The van der Waals surface area contributed by atoms with Crippen LogP contribution in [-0.2, 0) is 14.6 Å². The van der Waals surface area contributed by atoms with E-state index in [4.69, 9.17) is 22.2 Å². The van der Waals surface area contributed by atoms with Crippen LogP contribution >= 0.6 is 12.6 Å². The summed E-state index contributed by atoms with van der Waals surface area (Å²) in [5.74, 6) is 1.11. The maximum atomic E-state index is 11.1. The predicted octanol–water partition coefficient (Wildman–Crippen LogP) is -0.639. The highest BCUT2D eigenvalue weighted by molar-refractivity contribution is 8.04. The zero-order valence-electron chi connectivity index (χ0n) is 8.12. The number of thiol groups is 1. The van der Waals surface area contributed by atoms with Crippen molar-refractivity contribution < 1.29 is 13.2 Å². The number of nitrogens with two attached hydrogens (primary N) is 1. The molecule has 84 valence electrons. The number of rotatable bonds is 5. The van der Waals surface area contributed by atoms with Gasteiger partial charge in [-0.15, -0.1) is 6.42 Å². The van der Waals surface area contributed by atoms with E-state index in [1.165, 1.54) is 0 Å². The Hall–Kier alpha value is -0.730. The van der Waals surface area contributed by atoms with Crippen molar-refractivity contribution in [3.8, 4) is 18.4 Å². The molecule has 15 heavy (non-hydrogen) atoms. The van der Waals surface area contributed by atoms with Crippen LogP contribution in [0.15, 0.2) is 0 Å². The SMILES string of the molecule is C#CCOC(N)C(C#N)C(S)S(C)(=O)=O. The molecular weight excluding hydrogens is 236 g/mol. The maximum absolute atomic E-state index is 11.1. The molecule has 3 unspecified atom stereocenters. The number of nitrogens with zero attached hydrogens (tertiary/aromatic N) is 1. The highest BCUT2D eigenvalue weighted by atomic mass is 32.2. The molecule has 7 heteroatoms. The van der Waals surface area contributed by atoms with E-state index in [9.17, 15) is 8.42 Å². The molecule has 0 aliphatic heterocycles. The van der Waals surface area contributed by atoms with Gasteiger partial charge in [0.2, 0.25) is 0 Å². The molecule has 0 aliphatic rings. The van der Waals surface area contributed by atoms with Gasteiger partial charge < -0.3 is 10.5 Å². The van der Waals surface area contributed by atoms with Crippen molar-refractivity contribution in [1.82, 2.24) is 0 Å². The quantitative estimate of drug-likeness (QED) is 0.383. The lowest BCUT2D eigenvalue weighted by Crippen LogP contribution is -2.40. The smallest absolute Gasteiger partial charge is 0.160 e. The van der Waals surface area contributed by atoms with Crippen LogP contribution in [0.5, 0.6) is 0 Å². The Morgan fingerprint density at radius 1 is 1.67 bits per heavy atom. The third kappa shape index (κ3) is 4.54. The average Bonchev–Trinajstić information content (AvgIpc) is 2.14. The summed E-state index contributed by atoms with van der Waals surface area (Å²) < 4.78 is 25.9. The molecule has 0 aromatic carbocycles. The average molecular weight is 248 g/mol. The van der Waals surface area contributed by atoms with Gasteiger partial charge in [-0.2, -0.15) is 17.9 Å². The normalized spacial score (nSPS) is 17.1. The Morgan fingerprint density at radius 3 is 2.53 bits per heavy atom. The third-order valence-electron chi connectivity index (χ3n) is 1.61. The molecule has 0 saturated carbocycles. The fraction of sp³-hybridized carbons (Fsp3) is 0.625. The molecule has 0 aromatic heterocycles. The summed E-state index contributed by atoms with van der Waals surface area (Å²) in [6.07, 6.45) is 4.84. The maximum Gasteiger partial charge on any atom is 0.160 e. The second-order valence-corrected chi connectivity index (χ2v) is 5.93. The van der Waals surface area contributed by atoms with Crippen molar-refractivity contribution in [1.29, 1.82) is 5.26 Å². The van der Waals surface area contributed by atoms with Crippen molar-refractivity contribution in [2.24, 2.45) is 11.7 Å². The third-order valence-corrected chi connectivity index (χ3v) is 4.25. The topological polar surface area (TPSA) is 93.2 Å². The first-order valence-electron chi connectivity index (χ1n) is 3.91. The predicted molar refractivity (Wildman–Crippen MR) is 59.5 cm³/mol. The minimum atomic E-state index is -3.45. The van der Waals surface area contributed by atoms with Gasteiger partial charge in [0.15, 0.2) is 9.84 Å². The van der Waals surface area contributed by atoms with E-state index in [1.54, 1.807) is 6.07 Å². The van der Waals surface area contributed by atoms with E-state index in [2.05, 4.69) is 18.5 Å². The van der Waals surface area contributed by atoms with Crippen molar-refractivity contribution in [3.63, 3.8) is 0 Å². The number of ether oxygens (including phenoxy) is 1. The molecule has 0 bridgehead atoms. The lowest BCUT2D eigenvalue weighted by Gasteiger charge is -2.21. The standard InChI is InChI=1S/C8H12N2O3S2/c1-3-4-13-7(10)6(5-9)8(14)15(2,11)12/h1,6-8,14H,4,10H2,2H3. The summed E-state index contributed by atoms with van der Waals surface area (Å²) >= 11 is 3.82. The zero-order chi connectivity index (χ0) is 12.1. The molecule has 0 spiro atoms. The molecule has 0 fully saturated rings. The van der Waals surface area contributed by atoms with Gasteiger partial charge in [-0.05, 0) is 0 Å². The minimum Gasteiger partial charge on any atom is -0.349 e.